The van der Waals surface area contributed by atoms with Crippen molar-refractivity contribution in [2.24, 2.45) is 0 Å². The lowest BCUT2D eigenvalue weighted by atomic mass is 10.3. The van der Waals surface area contributed by atoms with Crippen LogP contribution in [0.15, 0.2) is 25.0 Å². The Bertz CT molecular complexity index is 644. The first-order valence-electron chi connectivity index (χ1n) is 4.96. The molecule has 7 nitrogen and oxygen atoms in total. The molecule has 1 unspecified atom stereocenters. The Hall–Kier alpha value is -2.02. The van der Waals surface area contributed by atoms with Gasteiger partial charge in [0.15, 0.2) is 16.6 Å². The smallest absolute Gasteiger partial charge is 0.198 e. The molecule has 0 aliphatic carbocycles. The summed E-state index contributed by atoms with van der Waals surface area (Å²) >= 11 is 5.93. The highest BCUT2D eigenvalue weighted by Gasteiger charge is 2.16. The number of rotatable bonds is 2. The predicted octanol–water partition coefficient (Wildman–Crippen LogP) is 0.978. The van der Waals surface area contributed by atoms with Gasteiger partial charge in [-0.3, -0.25) is 4.40 Å². The van der Waals surface area contributed by atoms with Crippen LogP contribution < -0.4 is 0 Å². The van der Waals surface area contributed by atoms with Crippen LogP contribution in [0.3, 0.4) is 0 Å². The summed E-state index contributed by atoms with van der Waals surface area (Å²) < 4.78 is 3.49. The van der Waals surface area contributed by atoms with Gasteiger partial charge in [-0.05, 0) is 6.92 Å². The molecule has 3 heterocycles. The van der Waals surface area contributed by atoms with Gasteiger partial charge in [0.05, 0.1) is 0 Å². The lowest BCUT2D eigenvalue weighted by molar-refractivity contribution is 0.530. The molecule has 0 spiro atoms. The zero-order chi connectivity index (χ0) is 11.8. The van der Waals surface area contributed by atoms with Gasteiger partial charge >= 0.3 is 0 Å². The van der Waals surface area contributed by atoms with Gasteiger partial charge in [0.1, 0.15) is 18.7 Å². The molecule has 3 rings (SSSR count). The molecule has 86 valence electrons. The zero-order valence-electron chi connectivity index (χ0n) is 8.90. The third kappa shape index (κ3) is 1.55. The zero-order valence-corrected chi connectivity index (χ0v) is 9.65. The molecule has 0 saturated carbocycles. The van der Waals surface area contributed by atoms with Crippen molar-refractivity contribution < 1.29 is 0 Å². The molecule has 0 aliphatic rings. The van der Waals surface area contributed by atoms with E-state index in [1.54, 1.807) is 27.8 Å². The van der Waals surface area contributed by atoms with Gasteiger partial charge in [0.2, 0.25) is 0 Å². The van der Waals surface area contributed by atoms with E-state index in [0.717, 1.165) is 5.82 Å². The molecule has 0 N–H and O–H groups in total. The van der Waals surface area contributed by atoms with Crippen LogP contribution in [0.2, 0.25) is 5.15 Å². The minimum atomic E-state index is -0.0778. The van der Waals surface area contributed by atoms with Crippen LogP contribution in [0.1, 0.15) is 18.8 Å². The van der Waals surface area contributed by atoms with Gasteiger partial charge in [0, 0.05) is 12.4 Å². The average Bonchev–Trinajstić information content (AvgIpc) is 2.98. The van der Waals surface area contributed by atoms with E-state index in [1.807, 2.05) is 6.92 Å². The molecular weight excluding hydrogens is 242 g/mol. The summed E-state index contributed by atoms with van der Waals surface area (Å²) in [6, 6.07) is -0.0778. The van der Waals surface area contributed by atoms with Crippen LogP contribution in [0.25, 0.3) is 5.65 Å². The molecular formula is C9H8ClN7. The van der Waals surface area contributed by atoms with E-state index in [-0.39, 0.29) is 6.04 Å². The fraction of sp³-hybridized carbons (Fsp3) is 0.222. The summed E-state index contributed by atoms with van der Waals surface area (Å²) in [6.07, 6.45) is 6.49. The lowest BCUT2D eigenvalue weighted by Gasteiger charge is -2.08. The Morgan fingerprint density at radius 3 is 3.00 bits per heavy atom. The Labute approximate surface area is 101 Å². The van der Waals surface area contributed by atoms with Crippen molar-refractivity contribution in [3.8, 4) is 0 Å². The summed E-state index contributed by atoms with van der Waals surface area (Å²) in [5, 5.41) is 12.5. The fourth-order valence-corrected chi connectivity index (χ4v) is 1.82. The van der Waals surface area contributed by atoms with Gasteiger partial charge in [-0.1, -0.05) is 11.6 Å². The summed E-state index contributed by atoms with van der Waals surface area (Å²) in [5.74, 6) is 0.731. The second-order valence-electron chi connectivity index (χ2n) is 3.52. The minimum absolute atomic E-state index is 0.0778. The van der Waals surface area contributed by atoms with Crippen molar-refractivity contribution in [2.75, 3.05) is 0 Å². The Morgan fingerprint density at radius 1 is 1.35 bits per heavy atom. The van der Waals surface area contributed by atoms with E-state index >= 15 is 0 Å². The van der Waals surface area contributed by atoms with Gasteiger partial charge in [-0.25, -0.2) is 14.6 Å². The fourth-order valence-electron chi connectivity index (χ4n) is 1.63. The third-order valence-electron chi connectivity index (χ3n) is 2.52. The molecule has 0 aromatic carbocycles. The Morgan fingerprint density at radius 2 is 2.24 bits per heavy atom. The largest absolute Gasteiger partial charge is 0.280 e. The first-order chi connectivity index (χ1) is 8.27. The number of hydrogen-bond donors (Lipinski definition) is 0. The first-order valence-corrected chi connectivity index (χ1v) is 5.34. The van der Waals surface area contributed by atoms with E-state index < -0.39 is 0 Å². The van der Waals surface area contributed by atoms with E-state index in [0.29, 0.717) is 10.8 Å². The van der Waals surface area contributed by atoms with Crippen LogP contribution >= 0.6 is 11.6 Å². The van der Waals surface area contributed by atoms with Crippen molar-refractivity contribution in [3.05, 3.63) is 36.0 Å². The second kappa shape index (κ2) is 3.77. The minimum Gasteiger partial charge on any atom is -0.280 e. The molecule has 0 bridgehead atoms. The number of halogens is 1. The number of nitrogens with zero attached hydrogens (tertiary/aromatic N) is 7. The maximum absolute atomic E-state index is 5.93. The maximum atomic E-state index is 5.93. The van der Waals surface area contributed by atoms with E-state index in [9.17, 15) is 0 Å². The van der Waals surface area contributed by atoms with Gasteiger partial charge in [-0.2, -0.15) is 5.10 Å². The molecule has 17 heavy (non-hydrogen) atoms. The Kier molecular flexibility index (Phi) is 2.25. The van der Waals surface area contributed by atoms with Gasteiger partial charge in [-0.15, -0.1) is 10.2 Å². The van der Waals surface area contributed by atoms with E-state index in [4.69, 9.17) is 11.6 Å². The molecule has 8 heteroatoms. The first kappa shape index (κ1) is 10.2. The SMILES string of the molecule is CC(c1nnc2c(Cl)nccn12)n1cncn1. The Balaban J connectivity index is 2.15. The summed E-state index contributed by atoms with van der Waals surface area (Å²) in [6.45, 7) is 1.96. The summed E-state index contributed by atoms with van der Waals surface area (Å²) in [4.78, 5) is 7.86. The molecule has 0 radical (unpaired) electrons. The molecule has 1 atom stereocenters. The van der Waals surface area contributed by atoms with Crippen molar-refractivity contribution in [1.29, 1.82) is 0 Å². The van der Waals surface area contributed by atoms with Crippen LogP contribution in [-0.4, -0.2) is 34.3 Å². The topological polar surface area (TPSA) is 73.8 Å². The summed E-state index contributed by atoms with van der Waals surface area (Å²) in [7, 11) is 0. The summed E-state index contributed by atoms with van der Waals surface area (Å²) in [5.41, 5.74) is 0.538. The monoisotopic (exact) mass is 249 g/mol. The highest BCUT2D eigenvalue weighted by atomic mass is 35.5. The highest BCUT2D eigenvalue weighted by Crippen LogP contribution is 2.18. The van der Waals surface area contributed by atoms with Crippen LogP contribution in [0.5, 0.6) is 0 Å². The predicted molar refractivity (Wildman–Crippen MR) is 59.6 cm³/mol. The van der Waals surface area contributed by atoms with Crippen LogP contribution in [0.4, 0.5) is 0 Å². The normalized spacial score (nSPS) is 13.1. The standard InChI is InChI=1S/C9H8ClN7/c1-6(17-5-11-4-13-17)8-14-15-9-7(10)12-2-3-16(8)9/h2-6H,1H3. The molecule has 3 aromatic heterocycles. The quantitative estimate of drug-likeness (QED) is 0.677. The van der Waals surface area contributed by atoms with Crippen LogP contribution in [0, 0.1) is 0 Å². The maximum Gasteiger partial charge on any atom is 0.198 e. The highest BCUT2D eigenvalue weighted by molar-refractivity contribution is 6.32. The number of aromatic nitrogens is 7. The molecule has 0 aliphatic heterocycles. The van der Waals surface area contributed by atoms with Crippen molar-refractivity contribution >= 4 is 17.2 Å². The van der Waals surface area contributed by atoms with E-state index in [2.05, 4.69) is 25.3 Å². The van der Waals surface area contributed by atoms with Crippen LogP contribution in [-0.2, 0) is 0 Å². The molecule has 0 fully saturated rings. The molecule has 3 aromatic rings. The van der Waals surface area contributed by atoms with Crippen molar-refractivity contribution in [1.82, 2.24) is 34.3 Å². The number of fused-ring (bicyclic) bond motifs is 1. The average molecular weight is 250 g/mol. The number of hydrogen-bond acceptors (Lipinski definition) is 5. The molecule has 0 amide bonds. The van der Waals surface area contributed by atoms with E-state index in [1.165, 1.54) is 6.33 Å². The van der Waals surface area contributed by atoms with Gasteiger partial charge in [0.25, 0.3) is 0 Å². The van der Waals surface area contributed by atoms with Crippen molar-refractivity contribution in [3.63, 3.8) is 0 Å². The second-order valence-corrected chi connectivity index (χ2v) is 3.88. The molecule has 0 saturated heterocycles. The van der Waals surface area contributed by atoms with Crippen molar-refractivity contribution in [2.45, 2.75) is 13.0 Å². The lowest BCUT2D eigenvalue weighted by Crippen LogP contribution is -2.11. The van der Waals surface area contributed by atoms with Gasteiger partial charge < -0.3 is 0 Å². The third-order valence-corrected chi connectivity index (χ3v) is 2.78.